The van der Waals surface area contributed by atoms with Gasteiger partial charge in [0.25, 0.3) is 0 Å². The average Bonchev–Trinajstić information content (AvgIpc) is 2.76. The fraction of sp³-hybridized carbons (Fsp3) is 0.545. The van der Waals surface area contributed by atoms with Gasteiger partial charge in [0.15, 0.2) is 0 Å². The first-order valence-electron chi connectivity index (χ1n) is 5.56. The molecule has 0 N–H and O–H groups in total. The first kappa shape index (κ1) is 11.6. The molecule has 1 aromatic rings. The van der Waals surface area contributed by atoms with Crippen LogP contribution in [0.2, 0.25) is 0 Å². The van der Waals surface area contributed by atoms with Gasteiger partial charge in [-0.1, -0.05) is 12.2 Å². The van der Waals surface area contributed by atoms with E-state index in [9.17, 15) is 9.59 Å². The predicted octanol–water partition coefficient (Wildman–Crippen LogP) is -0.101. The molecule has 2 rings (SSSR count). The highest BCUT2D eigenvalue weighted by molar-refractivity contribution is 5.25. The van der Waals surface area contributed by atoms with E-state index in [1.54, 1.807) is 26.0 Å². The maximum Gasteiger partial charge on any atom is 0.355 e. The normalized spacial score (nSPS) is 18.6. The van der Waals surface area contributed by atoms with Crippen molar-refractivity contribution in [2.45, 2.75) is 18.9 Å². The molecule has 92 valence electrons. The minimum atomic E-state index is -0.478. The Hall–Kier alpha value is -1.85. The van der Waals surface area contributed by atoms with E-state index in [2.05, 4.69) is 4.98 Å². The van der Waals surface area contributed by atoms with E-state index in [1.165, 1.54) is 9.13 Å². The lowest BCUT2D eigenvalue weighted by molar-refractivity contribution is 0.501. The van der Waals surface area contributed by atoms with Gasteiger partial charge < -0.3 is 4.90 Å². The maximum atomic E-state index is 12.1. The second kappa shape index (κ2) is 4.20. The molecule has 0 amide bonds. The first-order valence-corrected chi connectivity index (χ1v) is 5.56. The van der Waals surface area contributed by atoms with Gasteiger partial charge in [-0.2, -0.15) is 4.98 Å². The molecule has 0 spiro atoms. The Kier molecular flexibility index (Phi) is 2.87. The van der Waals surface area contributed by atoms with Gasteiger partial charge in [0.05, 0.1) is 6.04 Å². The highest BCUT2D eigenvalue weighted by atomic mass is 16.2. The van der Waals surface area contributed by atoms with Crippen LogP contribution in [0.1, 0.15) is 18.9 Å². The van der Waals surface area contributed by atoms with Gasteiger partial charge in [-0.15, -0.1) is 0 Å². The van der Waals surface area contributed by atoms with Crippen molar-refractivity contribution in [3.63, 3.8) is 0 Å². The van der Waals surface area contributed by atoms with E-state index in [4.69, 9.17) is 0 Å². The van der Waals surface area contributed by atoms with Gasteiger partial charge in [-0.05, 0) is 12.8 Å². The van der Waals surface area contributed by atoms with Crippen LogP contribution in [-0.2, 0) is 7.05 Å². The number of hydrogen-bond donors (Lipinski definition) is 0. The molecular formula is C11H16N4O2. The van der Waals surface area contributed by atoms with Crippen LogP contribution >= 0.6 is 0 Å². The van der Waals surface area contributed by atoms with Gasteiger partial charge in [0, 0.05) is 21.1 Å². The highest BCUT2D eigenvalue weighted by Crippen LogP contribution is 2.19. The number of aromatic nitrogens is 3. The summed E-state index contributed by atoms with van der Waals surface area (Å²) < 4.78 is 2.62. The number of allylic oxidation sites excluding steroid dienone is 2. The summed E-state index contributed by atoms with van der Waals surface area (Å²) >= 11 is 0. The van der Waals surface area contributed by atoms with Crippen LogP contribution in [0.4, 0.5) is 5.95 Å². The second-order valence-corrected chi connectivity index (χ2v) is 4.37. The van der Waals surface area contributed by atoms with Crippen LogP contribution in [0.25, 0.3) is 0 Å². The molecule has 0 fully saturated rings. The number of anilines is 1. The van der Waals surface area contributed by atoms with Crippen LogP contribution in [0, 0.1) is 0 Å². The summed E-state index contributed by atoms with van der Waals surface area (Å²) in [5, 5.41) is 0. The van der Waals surface area contributed by atoms with Gasteiger partial charge in [-0.3, -0.25) is 4.57 Å². The lowest BCUT2D eigenvalue weighted by Gasteiger charge is -2.17. The molecule has 6 nitrogen and oxygen atoms in total. The molecule has 0 saturated carbocycles. The third kappa shape index (κ3) is 1.90. The molecule has 0 aliphatic heterocycles. The number of rotatable bonds is 2. The molecule has 1 aliphatic carbocycles. The van der Waals surface area contributed by atoms with E-state index in [0.717, 1.165) is 12.8 Å². The molecule has 17 heavy (non-hydrogen) atoms. The van der Waals surface area contributed by atoms with Crippen molar-refractivity contribution in [1.82, 2.24) is 14.1 Å². The number of hydrogen-bond acceptors (Lipinski definition) is 4. The monoisotopic (exact) mass is 236 g/mol. The van der Waals surface area contributed by atoms with Gasteiger partial charge >= 0.3 is 11.4 Å². The van der Waals surface area contributed by atoms with Crippen molar-refractivity contribution in [3.05, 3.63) is 33.1 Å². The zero-order valence-electron chi connectivity index (χ0n) is 10.3. The minimum absolute atomic E-state index is 0.148. The molecule has 1 atom stereocenters. The summed E-state index contributed by atoms with van der Waals surface area (Å²) in [5.41, 5.74) is -0.793. The summed E-state index contributed by atoms with van der Waals surface area (Å²) in [6, 6.07) is -0.148. The molecule has 1 unspecified atom stereocenters. The van der Waals surface area contributed by atoms with Gasteiger partial charge in [0.2, 0.25) is 5.95 Å². The lowest BCUT2D eigenvalue weighted by atomic mass is 10.2. The number of nitrogens with zero attached hydrogens (tertiary/aromatic N) is 4. The quantitative estimate of drug-likeness (QED) is 0.673. The minimum Gasteiger partial charge on any atom is -0.348 e. The van der Waals surface area contributed by atoms with Crippen molar-refractivity contribution in [3.8, 4) is 0 Å². The van der Waals surface area contributed by atoms with Crippen molar-refractivity contribution >= 4 is 5.95 Å². The van der Waals surface area contributed by atoms with Crippen LogP contribution < -0.4 is 16.3 Å². The Morgan fingerprint density at radius 3 is 2.65 bits per heavy atom. The van der Waals surface area contributed by atoms with E-state index in [-0.39, 0.29) is 11.7 Å². The highest BCUT2D eigenvalue weighted by Gasteiger charge is 2.19. The third-order valence-electron chi connectivity index (χ3n) is 2.91. The average molecular weight is 236 g/mol. The molecule has 1 aromatic heterocycles. The fourth-order valence-corrected chi connectivity index (χ4v) is 2.06. The molecule has 0 saturated heterocycles. The van der Waals surface area contributed by atoms with Crippen LogP contribution in [0.3, 0.4) is 0 Å². The fourth-order valence-electron chi connectivity index (χ4n) is 2.06. The second-order valence-electron chi connectivity index (χ2n) is 4.37. The van der Waals surface area contributed by atoms with Crippen molar-refractivity contribution < 1.29 is 0 Å². The summed E-state index contributed by atoms with van der Waals surface area (Å²) in [5.74, 6) is 0.373. The van der Waals surface area contributed by atoms with E-state index < -0.39 is 5.69 Å². The maximum absolute atomic E-state index is 12.1. The van der Waals surface area contributed by atoms with E-state index in [0.29, 0.717) is 5.95 Å². The zero-order chi connectivity index (χ0) is 12.6. The molecular weight excluding hydrogens is 220 g/mol. The Bertz CT molecular complexity index is 568. The molecule has 0 bridgehead atoms. The van der Waals surface area contributed by atoms with E-state index in [1.807, 2.05) is 12.2 Å². The van der Waals surface area contributed by atoms with Crippen LogP contribution in [-0.4, -0.2) is 28.2 Å². The molecule has 0 radical (unpaired) electrons. The third-order valence-corrected chi connectivity index (χ3v) is 2.91. The van der Waals surface area contributed by atoms with Gasteiger partial charge in [-0.25, -0.2) is 14.2 Å². The Morgan fingerprint density at radius 2 is 2.12 bits per heavy atom. The standard InChI is InChI=1S/C11H16N4O2/c1-13(2)9-12-10(16)15(11(17)14(9)3)8-6-4-5-7-8/h4,6,8H,5,7H2,1-3H3. The molecule has 1 heterocycles. The predicted molar refractivity (Wildman–Crippen MR) is 65.5 cm³/mol. The molecule has 6 heteroatoms. The summed E-state index contributed by atoms with van der Waals surface area (Å²) in [7, 11) is 5.13. The first-order chi connectivity index (χ1) is 8.02. The topological polar surface area (TPSA) is 60.1 Å². The lowest BCUT2D eigenvalue weighted by Crippen LogP contribution is -2.44. The Labute approximate surface area is 98.8 Å². The summed E-state index contributed by atoms with van der Waals surface area (Å²) in [6.45, 7) is 0. The van der Waals surface area contributed by atoms with E-state index >= 15 is 0 Å². The van der Waals surface area contributed by atoms with Crippen LogP contribution in [0.15, 0.2) is 21.7 Å². The smallest absolute Gasteiger partial charge is 0.348 e. The zero-order valence-corrected chi connectivity index (χ0v) is 10.3. The molecule has 0 aromatic carbocycles. The summed E-state index contributed by atoms with van der Waals surface area (Å²) in [6.07, 6.45) is 5.56. The molecule has 1 aliphatic rings. The largest absolute Gasteiger partial charge is 0.355 e. The Morgan fingerprint density at radius 1 is 1.41 bits per heavy atom. The SMILES string of the molecule is CN(C)c1nc(=O)n(C2C=CCC2)c(=O)n1C. The van der Waals surface area contributed by atoms with Crippen molar-refractivity contribution in [1.29, 1.82) is 0 Å². The van der Waals surface area contributed by atoms with Crippen molar-refractivity contribution in [2.75, 3.05) is 19.0 Å². The van der Waals surface area contributed by atoms with Crippen molar-refractivity contribution in [2.24, 2.45) is 7.05 Å². The van der Waals surface area contributed by atoms with Gasteiger partial charge in [0.1, 0.15) is 0 Å². The summed E-state index contributed by atoms with van der Waals surface area (Å²) in [4.78, 5) is 29.6. The Balaban J connectivity index is 2.63. The van der Waals surface area contributed by atoms with Crippen LogP contribution in [0.5, 0.6) is 0 Å².